The predicted molar refractivity (Wildman–Crippen MR) is 117 cm³/mol. The van der Waals surface area contributed by atoms with Crippen LogP contribution in [0.25, 0.3) is 0 Å². The van der Waals surface area contributed by atoms with Crippen molar-refractivity contribution in [2.24, 2.45) is 4.99 Å². The summed E-state index contributed by atoms with van der Waals surface area (Å²) in [6, 6.07) is 8.75. The zero-order valence-electron chi connectivity index (χ0n) is 15.9. The Morgan fingerprint density at radius 1 is 1.23 bits per heavy atom. The lowest BCUT2D eigenvalue weighted by Crippen LogP contribution is -2.48. The topological polar surface area (TPSA) is 46.1 Å². The summed E-state index contributed by atoms with van der Waals surface area (Å²) in [6.45, 7) is 4.56. The lowest BCUT2D eigenvalue weighted by molar-refractivity contribution is 0.00990. The number of nitrogens with one attached hydrogen (secondary N) is 1. The van der Waals surface area contributed by atoms with Gasteiger partial charge in [-0.15, -0.1) is 24.0 Å². The molecule has 5 nitrogen and oxygen atoms in total. The molecule has 1 heterocycles. The van der Waals surface area contributed by atoms with E-state index in [1.54, 1.807) is 7.11 Å². The highest BCUT2D eigenvalue weighted by Gasteiger charge is 2.27. The lowest BCUT2D eigenvalue weighted by Gasteiger charge is -2.36. The summed E-state index contributed by atoms with van der Waals surface area (Å²) in [5.74, 6) is 1.65. The van der Waals surface area contributed by atoms with Gasteiger partial charge in [0.05, 0.1) is 6.10 Å². The zero-order valence-corrected chi connectivity index (χ0v) is 18.3. The van der Waals surface area contributed by atoms with Crippen LogP contribution in [0.4, 0.5) is 0 Å². The van der Waals surface area contributed by atoms with Gasteiger partial charge in [-0.25, -0.2) is 0 Å². The third-order valence-corrected chi connectivity index (χ3v) is 5.27. The molecule has 1 aliphatic carbocycles. The van der Waals surface area contributed by atoms with E-state index in [1.165, 1.54) is 17.5 Å². The summed E-state index contributed by atoms with van der Waals surface area (Å²) in [5, 5.41) is 3.58. The highest BCUT2D eigenvalue weighted by molar-refractivity contribution is 14.0. The number of methoxy groups -OCH3 is 1. The molecule has 1 aliphatic heterocycles. The fraction of sp³-hybridized carbons (Fsp3) is 0.650. The molecule has 1 atom stereocenters. The molecule has 0 bridgehead atoms. The Labute approximate surface area is 174 Å². The number of nitrogens with zero attached hydrogens (tertiary/aromatic N) is 2. The number of fused-ring (bicyclic) bond motifs is 1. The van der Waals surface area contributed by atoms with Crippen molar-refractivity contribution >= 4 is 29.9 Å². The molecule has 3 rings (SSSR count). The quantitative estimate of drug-likeness (QED) is 0.286. The Morgan fingerprint density at radius 2 is 2.00 bits per heavy atom. The molecule has 1 aromatic carbocycles. The van der Waals surface area contributed by atoms with E-state index < -0.39 is 0 Å². The zero-order chi connectivity index (χ0) is 17.5. The van der Waals surface area contributed by atoms with Crippen molar-refractivity contribution < 1.29 is 9.47 Å². The second-order valence-electron chi connectivity index (χ2n) is 6.93. The van der Waals surface area contributed by atoms with Gasteiger partial charge in [-0.05, 0) is 36.8 Å². The molecule has 0 amide bonds. The molecule has 1 saturated heterocycles. The van der Waals surface area contributed by atoms with Gasteiger partial charge in [0.2, 0.25) is 0 Å². The van der Waals surface area contributed by atoms with E-state index in [9.17, 15) is 0 Å². The number of piperidine rings is 1. The van der Waals surface area contributed by atoms with E-state index in [0.29, 0.717) is 12.0 Å². The van der Waals surface area contributed by atoms with Gasteiger partial charge in [0.1, 0.15) is 0 Å². The van der Waals surface area contributed by atoms with Crippen molar-refractivity contribution in [3.63, 3.8) is 0 Å². The second kappa shape index (κ2) is 11.1. The highest BCUT2D eigenvalue weighted by atomic mass is 127. The van der Waals surface area contributed by atoms with Gasteiger partial charge >= 0.3 is 0 Å². The normalized spacial score (nSPS) is 20.2. The van der Waals surface area contributed by atoms with Crippen molar-refractivity contribution in [1.82, 2.24) is 10.2 Å². The first-order valence-corrected chi connectivity index (χ1v) is 9.45. The van der Waals surface area contributed by atoms with E-state index in [0.717, 1.165) is 58.1 Å². The molecule has 146 valence electrons. The number of halogens is 1. The van der Waals surface area contributed by atoms with Gasteiger partial charge in [0.25, 0.3) is 0 Å². The first kappa shape index (κ1) is 21.4. The first-order chi connectivity index (χ1) is 12.3. The number of guanidine groups is 1. The standard InChI is InChI=1S/C20H31N3O2.HI/c1-21-20(22-15-17-14-16-6-3-4-7-19(16)17)23-10-8-18(9-11-23)25-13-5-12-24-2;/h3-4,6-7,17-18H,5,8-15H2,1-2H3,(H,21,22);1H. The van der Waals surface area contributed by atoms with E-state index in [1.807, 2.05) is 7.05 Å². The van der Waals surface area contributed by atoms with Gasteiger partial charge in [-0.1, -0.05) is 24.3 Å². The van der Waals surface area contributed by atoms with Crippen molar-refractivity contribution in [3.8, 4) is 0 Å². The summed E-state index contributed by atoms with van der Waals surface area (Å²) < 4.78 is 11.0. The van der Waals surface area contributed by atoms with Crippen LogP contribution < -0.4 is 5.32 Å². The Hall–Kier alpha value is -0.860. The van der Waals surface area contributed by atoms with E-state index in [-0.39, 0.29) is 24.0 Å². The Balaban J connectivity index is 0.00000243. The van der Waals surface area contributed by atoms with Crippen LogP contribution in [0.3, 0.4) is 0 Å². The third-order valence-electron chi connectivity index (χ3n) is 5.27. The van der Waals surface area contributed by atoms with Gasteiger partial charge < -0.3 is 19.7 Å². The monoisotopic (exact) mass is 473 g/mol. The minimum atomic E-state index is 0. The van der Waals surface area contributed by atoms with Crippen LogP contribution in [0.15, 0.2) is 29.3 Å². The van der Waals surface area contributed by atoms with Crippen LogP contribution in [0.1, 0.15) is 36.3 Å². The predicted octanol–water partition coefficient (Wildman–Crippen LogP) is 3.04. The maximum Gasteiger partial charge on any atom is 0.193 e. The molecule has 1 N–H and O–H groups in total. The largest absolute Gasteiger partial charge is 0.385 e. The second-order valence-corrected chi connectivity index (χ2v) is 6.93. The fourth-order valence-electron chi connectivity index (χ4n) is 3.78. The van der Waals surface area contributed by atoms with Crippen LogP contribution >= 0.6 is 24.0 Å². The fourth-order valence-corrected chi connectivity index (χ4v) is 3.78. The number of hydrogen-bond donors (Lipinski definition) is 1. The Morgan fingerprint density at radius 3 is 2.69 bits per heavy atom. The molecule has 1 unspecified atom stereocenters. The summed E-state index contributed by atoms with van der Waals surface area (Å²) in [4.78, 5) is 6.84. The molecule has 2 aliphatic rings. The van der Waals surface area contributed by atoms with Gasteiger partial charge in [0.15, 0.2) is 5.96 Å². The number of likely N-dealkylation sites (tertiary alicyclic amines) is 1. The van der Waals surface area contributed by atoms with E-state index >= 15 is 0 Å². The summed E-state index contributed by atoms with van der Waals surface area (Å²) in [5.41, 5.74) is 2.99. The maximum atomic E-state index is 5.94. The van der Waals surface area contributed by atoms with E-state index in [2.05, 4.69) is 39.5 Å². The van der Waals surface area contributed by atoms with Crippen LogP contribution in [0, 0.1) is 0 Å². The molecule has 1 aromatic rings. The molecule has 0 radical (unpaired) electrons. The highest BCUT2D eigenvalue weighted by Crippen LogP contribution is 2.34. The summed E-state index contributed by atoms with van der Waals surface area (Å²) in [7, 11) is 3.61. The SMILES string of the molecule is CN=C(NCC1Cc2ccccc21)N1CCC(OCCCOC)CC1.I. The molecule has 26 heavy (non-hydrogen) atoms. The molecule has 1 fully saturated rings. The van der Waals surface area contributed by atoms with E-state index in [4.69, 9.17) is 9.47 Å². The molecule has 6 heteroatoms. The number of benzene rings is 1. The minimum absolute atomic E-state index is 0. The summed E-state index contributed by atoms with van der Waals surface area (Å²) >= 11 is 0. The average molecular weight is 473 g/mol. The van der Waals surface area contributed by atoms with Gasteiger partial charge in [0, 0.05) is 52.9 Å². The molecular formula is C20H32IN3O2. The number of ether oxygens (including phenoxy) is 2. The van der Waals surface area contributed by atoms with Gasteiger partial charge in [-0.3, -0.25) is 4.99 Å². The Kier molecular flexibility index (Phi) is 9.15. The lowest BCUT2D eigenvalue weighted by atomic mass is 9.78. The van der Waals surface area contributed by atoms with Gasteiger partial charge in [-0.2, -0.15) is 0 Å². The van der Waals surface area contributed by atoms with Crippen molar-refractivity contribution in [2.75, 3.05) is 47.0 Å². The number of hydrogen-bond acceptors (Lipinski definition) is 3. The van der Waals surface area contributed by atoms with Crippen molar-refractivity contribution in [2.45, 2.75) is 37.7 Å². The Bertz CT molecular complexity index is 574. The maximum absolute atomic E-state index is 5.94. The minimum Gasteiger partial charge on any atom is -0.385 e. The van der Waals surface area contributed by atoms with Crippen LogP contribution in [0.2, 0.25) is 0 Å². The summed E-state index contributed by atoms with van der Waals surface area (Å²) in [6.07, 6.45) is 4.67. The molecule has 0 spiro atoms. The smallest absolute Gasteiger partial charge is 0.193 e. The molecular weight excluding hydrogens is 441 g/mol. The molecule has 0 aromatic heterocycles. The molecule has 0 saturated carbocycles. The van der Waals surface area contributed by atoms with Crippen LogP contribution in [-0.2, 0) is 15.9 Å². The van der Waals surface area contributed by atoms with Crippen molar-refractivity contribution in [3.05, 3.63) is 35.4 Å². The average Bonchev–Trinajstić information content (AvgIpc) is 2.63. The van der Waals surface area contributed by atoms with Crippen LogP contribution in [-0.4, -0.2) is 64.0 Å². The third kappa shape index (κ3) is 5.57. The van der Waals surface area contributed by atoms with Crippen LogP contribution in [0.5, 0.6) is 0 Å². The number of rotatable bonds is 7. The number of aliphatic imine (C=N–C) groups is 1. The van der Waals surface area contributed by atoms with Crippen molar-refractivity contribution in [1.29, 1.82) is 0 Å². The first-order valence-electron chi connectivity index (χ1n) is 9.45.